The van der Waals surface area contributed by atoms with Gasteiger partial charge < -0.3 is 4.57 Å². The lowest BCUT2D eigenvalue weighted by Gasteiger charge is -2.08. The molecule has 0 aliphatic carbocycles. The van der Waals surface area contributed by atoms with Crippen LogP contribution in [0.5, 0.6) is 0 Å². The van der Waals surface area contributed by atoms with Gasteiger partial charge in [0.1, 0.15) is 11.3 Å². The summed E-state index contributed by atoms with van der Waals surface area (Å²) in [7, 11) is 0. The monoisotopic (exact) mass is 265 g/mol. The Morgan fingerprint density at radius 3 is 2.83 bits per heavy atom. The second-order valence-electron chi connectivity index (χ2n) is 5.20. The van der Waals surface area contributed by atoms with Crippen molar-refractivity contribution in [2.24, 2.45) is 5.92 Å². The van der Waals surface area contributed by atoms with Gasteiger partial charge in [-0.25, -0.2) is 9.97 Å². The van der Waals surface area contributed by atoms with Crippen molar-refractivity contribution in [1.82, 2.24) is 14.5 Å². The maximum Gasteiger partial charge on any atom is 0.160 e. The van der Waals surface area contributed by atoms with Crippen LogP contribution in [0.25, 0.3) is 11.2 Å². The van der Waals surface area contributed by atoms with Gasteiger partial charge in [0.2, 0.25) is 0 Å². The number of pyridine rings is 1. The number of alkyl halides is 1. The summed E-state index contributed by atoms with van der Waals surface area (Å²) < 4.78 is 2.16. The summed E-state index contributed by atoms with van der Waals surface area (Å²) in [6.45, 7) is 7.48. The van der Waals surface area contributed by atoms with E-state index in [9.17, 15) is 0 Å². The maximum atomic E-state index is 5.97. The number of aryl methyl sites for hydroxylation is 2. The highest BCUT2D eigenvalue weighted by molar-refractivity contribution is 6.16. The van der Waals surface area contributed by atoms with Crippen LogP contribution in [0.4, 0.5) is 0 Å². The van der Waals surface area contributed by atoms with Gasteiger partial charge in [-0.1, -0.05) is 13.8 Å². The van der Waals surface area contributed by atoms with E-state index in [0.29, 0.717) is 5.88 Å². The molecule has 2 aromatic heterocycles. The third kappa shape index (κ3) is 2.83. The standard InChI is InChI=1S/C14H20ClN3/c1-10(2)5-4-6-18-13(8-15)17-12-7-11(3)9-16-14(12)18/h7,9-10H,4-6,8H2,1-3H3. The van der Waals surface area contributed by atoms with Crippen LogP contribution < -0.4 is 0 Å². The Hall–Kier alpha value is -1.09. The molecule has 0 N–H and O–H groups in total. The molecule has 2 rings (SSSR count). The number of hydrogen-bond acceptors (Lipinski definition) is 2. The van der Waals surface area contributed by atoms with Crippen LogP contribution in [0.1, 0.15) is 38.1 Å². The van der Waals surface area contributed by atoms with Gasteiger partial charge in [-0.2, -0.15) is 0 Å². The molecule has 3 nitrogen and oxygen atoms in total. The summed E-state index contributed by atoms with van der Waals surface area (Å²) in [5.41, 5.74) is 3.05. The molecule has 4 heteroatoms. The molecule has 0 atom stereocenters. The van der Waals surface area contributed by atoms with Gasteiger partial charge in [0.25, 0.3) is 0 Å². The average molecular weight is 266 g/mol. The molecular formula is C14H20ClN3. The topological polar surface area (TPSA) is 30.7 Å². The molecule has 2 heterocycles. The van der Waals surface area contributed by atoms with Crippen molar-refractivity contribution < 1.29 is 0 Å². The van der Waals surface area contributed by atoms with E-state index in [1.165, 1.54) is 6.42 Å². The molecule has 0 spiro atoms. The molecule has 0 aliphatic rings. The van der Waals surface area contributed by atoms with Crippen molar-refractivity contribution >= 4 is 22.8 Å². The lowest BCUT2D eigenvalue weighted by atomic mass is 10.1. The summed E-state index contributed by atoms with van der Waals surface area (Å²) in [6, 6.07) is 2.07. The molecule has 0 bridgehead atoms. The molecule has 0 amide bonds. The van der Waals surface area contributed by atoms with Crippen molar-refractivity contribution in [3.8, 4) is 0 Å². The first-order chi connectivity index (χ1) is 8.61. The summed E-state index contributed by atoms with van der Waals surface area (Å²) >= 11 is 5.97. The Balaban J connectivity index is 2.29. The lowest BCUT2D eigenvalue weighted by molar-refractivity contribution is 0.511. The Labute approximate surface area is 113 Å². The van der Waals surface area contributed by atoms with E-state index >= 15 is 0 Å². The van der Waals surface area contributed by atoms with E-state index in [4.69, 9.17) is 11.6 Å². The van der Waals surface area contributed by atoms with Crippen LogP contribution in [0.2, 0.25) is 0 Å². The predicted octanol–water partition coefficient (Wildman–Crippen LogP) is 3.91. The second kappa shape index (κ2) is 5.70. The van der Waals surface area contributed by atoms with Gasteiger partial charge in [-0.15, -0.1) is 11.6 Å². The first-order valence-electron chi connectivity index (χ1n) is 6.49. The van der Waals surface area contributed by atoms with E-state index < -0.39 is 0 Å². The Kier molecular flexibility index (Phi) is 4.23. The average Bonchev–Trinajstić information content (AvgIpc) is 2.66. The molecule has 0 radical (unpaired) electrons. The van der Waals surface area contributed by atoms with Gasteiger partial charge in [-0.3, -0.25) is 0 Å². The smallest absolute Gasteiger partial charge is 0.160 e. The molecule has 2 aromatic rings. The fourth-order valence-corrected chi connectivity index (χ4v) is 2.36. The van der Waals surface area contributed by atoms with Crippen molar-refractivity contribution in [2.75, 3.05) is 0 Å². The zero-order valence-corrected chi connectivity index (χ0v) is 12.0. The van der Waals surface area contributed by atoms with E-state index in [1.807, 2.05) is 13.1 Å². The third-order valence-corrected chi connectivity index (χ3v) is 3.32. The Morgan fingerprint density at radius 1 is 1.39 bits per heavy atom. The number of fused-ring (bicyclic) bond motifs is 1. The normalized spacial score (nSPS) is 11.6. The minimum Gasteiger partial charge on any atom is -0.312 e. The second-order valence-corrected chi connectivity index (χ2v) is 5.47. The summed E-state index contributed by atoms with van der Waals surface area (Å²) in [6.07, 6.45) is 4.25. The number of halogens is 1. The molecule has 0 aliphatic heterocycles. The first-order valence-corrected chi connectivity index (χ1v) is 7.03. The lowest BCUT2D eigenvalue weighted by Crippen LogP contribution is -2.04. The molecule has 0 unspecified atom stereocenters. The highest BCUT2D eigenvalue weighted by Crippen LogP contribution is 2.18. The van der Waals surface area contributed by atoms with E-state index in [2.05, 4.69) is 34.4 Å². The Bertz CT molecular complexity index is 531. The Morgan fingerprint density at radius 2 is 2.17 bits per heavy atom. The van der Waals surface area contributed by atoms with Crippen molar-refractivity contribution in [3.05, 3.63) is 23.7 Å². The quantitative estimate of drug-likeness (QED) is 0.768. The van der Waals surface area contributed by atoms with Crippen molar-refractivity contribution in [2.45, 2.75) is 46.0 Å². The van der Waals surface area contributed by atoms with Crippen LogP contribution >= 0.6 is 11.6 Å². The van der Waals surface area contributed by atoms with Crippen LogP contribution in [-0.4, -0.2) is 14.5 Å². The van der Waals surface area contributed by atoms with Crippen molar-refractivity contribution in [1.29, 1.82) is 0 Å². The predicted molar refractivity (Wildman–Crippen MR) is 75.9 cm³/mol. The van der Waals surface area contributed by atoms with Gasteiger partial charge in [0, 0.05) is 12.7 Å². The molecule has 0 saturated heterocycles. The van der Waals surface area contributed by atoms with E-state index in [-0.39, 0.29) is 0 Å². The number of nitrogens with zero attached hydrogens (tertiary/aromatic N) is 3. The van der Waals surface area contributed by atoms with E-state index in [1.54, 1.807) is 0 Å². The molecule has 0 saturated carbocycles. The van der Waals surface area contributed by atoms with Gasteiger partial charge in [-0.05, 0) is 37.3 Å². The number of hydrogen-bond donors (Lipinski definition) is 0. The van der Waals surface area contributed by atoms with Gasteiger partial charge >= 0.3 is 0 Å². The highest BCUT2D eigenvalue weighted by Gasteiger charge is 2.11. The largest absolute Gasteiger partial charge is 0.312 e. The summed E-state index contributed by atoms with van der Waals surface area (Å²) in [5, 5.41) is 0. The zero-order chi connectivity index (χ0) is 13.1. The van der Waals surface area contributed by atoms with Gasteiger partial charge in [0.05, 0.1) is 5.88 Å². The summed E-state index contributed by atoms with van der Waals surface area (Å²) in [4.78, 5) is 9.05. The maximum absolute atomic E-state index is 5.97. The van der Waals surface area contributed by atoms with Crippen LogP contribution in [-0.2, 0) is 12.4 Å². The number of imidazole rings is 1. The SMILES string of the molecule is Cc1cnc2c(c1)nc(CCl)n2CCCC(C)C. The molecule has 0 aromatic carbocycles. The molecule has 0 fully saturated rings. The minimum atomic E-state index is 0.442. The fraction of sp³-hybridized carbons (Fsp3) is 0.571. The van der Waals surface area contributed by atoms with Crippen LogP contribution in [0.3, 0.4) is 0 Å². The zero-order valence-electron chi connectivity index (χ0n) is 11.3. The number of aromatic nitrogens is 3. The molecule has 98 valence electrons. The van der Waals surface area contributed by atoms with Crippen LogP contribution in [0.15, 0.2) is 12.3 Å². The summed E-state index contributed by atoms with van der Waals surface area (Å²) in [5.74, 6) is 2.10. The van der Waals surface area contributed by atoms with Gasteiger partial charge in [0.15, 0.2) is 5.65 Å². The number of rotatable bonds is 5. The van der Waals surface area contributed by atoms with Crippen molar-refractivity contribution in [3.63, 3.8) is 0 Å². The third-order valence-electron chi connectivity index (χ3n) is 3.08. The first kappa shape index (κ1) is 13.3. The minimum absolute atomic E-state index is 0.442. The molecule has 18 heavy (non-hydrogen) atoms. The fourth-order valence-electron chi connectivity index (χ4n) is 2.15. The van der Waals surface area contributed by atoms with E-state index in [0.717, 1.165) is 41.4 Å². The highest BCUT2D eigenvalue weighted by atomic mass is 35.5. The molecular weight excluding hydrogens is 246 g/mol. The van der Waals surface area contributed by atoms with Crippen LogP contribution in [0, 0.1) is 12.8 Å².